The van der Waals surface area contributed by atoms with Crippen LogP contribution >= 0.6 is 11.3 Å². The minimum absolute atomic E-state index is 0.202. The molecule has 0 spiro atoms. The number of methoxy groups -OCH3 is 2. The number of amides is 1. The molecule has 5 nitrogen and oxygen atoms in total. The highest BCUT2D eigenvalue weighted by Gasteiger charge is 2.33. The van der Waals surface area contributed by atoms with Crippen LogP contribution in [-0.2, 0) is 12.7 Å². The molecule has 0 fully saturated rings. The Bertz CT molecular complexity index is 1080. The molecule has 0 radical (unpaired) electrons. The number of ether oxygens (including phenoxy) is 2. The quantitative estimate of drug-likeness (QED) is 0.524. The molecule has 0 aliphatic heterocycles. The van der Waals surface area contributed by atoms with Gasteiger partial charge in [-0.15, -0.1) is 11.3 Å². The van der Waals surface area contributed by atoms with Gasteiger partial charge in [-0.3, -0.25) is 4.79 Å². The molecule has 9 heteroatoms. The summed E-state index contributed by atoms with van der Waals surface area (Å²) in [7, 11) is 3.08. The third kappa shape index (κ3) is 4.21. The first-order chi connectivity index (χ1) is 14.2. The number of hydrogen-bond acceptors (Lipinski definition) is 5. The van der Waals surface area contributed by atoms with Crippen molar-refractivity contribution in [3.05, 3.63) is 52.0 Å². The molecule has 0 unspecified atom stereocenters. The van der Waals surface area contributed by atoms with Crippen LogP contribution in [-0.4, -0.2) is 36.6 Å². The highest BCUT2D eigenvalue weighted by molar-refractivity contribution is 7.20. The summed E-state index contributed by atoms with van der Waals surface area (Å²) in [5.41, 5.74) is 0.513. The average Bonchev–Trinajstić information content (AvgIpc) is 3.06. The van der Waals surface area contributed by atoms with Crippen molar-refractivity contribution in [1.82, 2.24) is 9.88 Å². The molecule has 3 aromatic rings. The van der Waals surface area contributed by atoms with Crippen LogP contribution in [0, 0.1) is 6.92 Å². The maximum Gasteiger partial charge on any atom is 0.433 e. The number of aromatic nitrogens is 1. The SMILES string of the molecule is CCN(Cc1ccc(OC)c(OC)c1)C(=O)c1sc2nc(C(F)(F)F)ccc2c1C. The van der Waals surface area contributed by atoms with Gasteiger partial charge in [0.25, 0.3) is 5.91 Å². The summed E-state index contributed by atoms with van der Waals surface area (Å²) >= 11 is 0.983. The molecule has 1 aromatic carbocycles. The normalized spacial score (nSPS) is 11.6. The Morgan fingerprint density at radius 1 is 1.13 bits per heavy atom. The molecule has 1 amide bonds. The van der Waals surface area contributed by atoms with E-state index >= 15 is 0 Å². The fraction of sp³-hybridized carbons (Fsp3) is 0.333. The van der Waals surface area contributed by atoms with Crippen LogP contribution in [0.25, 0.3) is 10.2 Å². The second kappa shape index (κ2) is 8.51. The van der Waals surface area contributed by atoms with Gasteiger partial charge in [0.2, 0.25) is 0 Å². The molecule has 0 aliphatic carbocycles. The van der Waals surface area contributed by atoms with Crippen molar-refractivity contribution in [2.75, 3.05) is 20.8 Å². The fourth-order valence-electron chi connectivity index (χ4n) is 3.13. The van der Waals surface area contributed by atoms with E-state index in [0.717, 1.165) is 23.0 Å². The lowest BCUT2D eigenvalue weighted by atomic mass is 10.1. The molecule has 160 valence electrons. The van der Waals surface area contributed by atoms with E-state index in [1.54, 1.807) is 31.1 Å². The molecule has 0 saturated heterocycles. The summed E-state index contributed by atoms with van der Waals surface area (Å²) in [4.78, 5) is 19.1. The lowest BCUT2D eigenvalue weighted by Gasteiger charge is -2.21. The Morgan fingerprint density at radius 3 is 2.43 bits per heavy atom. The summed E-state index contributed by atoms with van der Waals surface area (Å²) in [5, 5.41) is 0.554. The van der Waals surface area contributed by atoms with E-state index in [1.807, 2.05) is 13.0 Å². The van der Waals surface area contributed by atoms with Gasteiger partial charge in [-0.25, -0.2) is 4.98 Å². The maximum absolute atomic E-state index is 13.2. The van der Waals surface area contributed by atoms with Crippen molar-refractivity contribution in [2.24, 2.45) is 0 Å². The summed E-state index contributed by atoms with van der Waals surface area (Å²) in [5.74, 6) is 0.893. The third-order valence-corrected chi connectivity index (χ3v) is 5.97. The second-order valence-electron chi connectivity index (χ2n) is 6.61. The number of hydrogen-bond donors (Lipinski definition) is 0. The summed E-state index contributed by atoms with van der Waals surface area (Å²) in [6.07, 6.45) is -4.53. The van der Waals surface area contributed by atoms with E-state index in [1.165, 1.54) is 13.2 Å². The van der Waals surface area contributed by atoms with Crippen LogP contribution in [0.5, 0.6) is 11.5 Å². The number of rotatable bonds is 6. The zero-order chi connectivity index (χ0) is 22.1. The van der Waals surface area contributed by atoms with Crippen LogP contribution in [0.15, 0.2) is 30.3 Å². The van der Waals surface area contributed by atoms with Crippen LogP contribution in [0.1, 0.15) is 33.4 Å². The zero-order valence-electron chi connectivity index (χ0n) is 17.0. The molecule has 2 heterocycles. The van der Waals surface area contributed by atoms with Crippen molar-refractivity contribution in [2.45, 2.75) is 26.6 Å². The molecule has 3 rings (SSSR count). The van der Waals surface area contributed by atoms with Crippen molar-refractivity contribution >= 4 is 27.5 Å². The van der Waals surface area contributed by atoms with Crippen molar-refractivity contribution < 1.29 is 27.4 Å². The smallest absolute Gasteiger partial charge is 0.433 e. The Balaban J connectivity index is 1.92. The number of nitrogens with zero attached hydrogens (tertiary/aromatic N) is 2. The number of alkyl halides is 3. The summed E-state index contributed by atoms with van der Waals surface area (Å²) in [6, 6.07) is 7.71. The maximum atomic E-state index is 13.2. The number of pyridine rings is 1. The molecule has 0 aliphatic rings. The minimum Gasteiger partial charge on any atom is -0.493 e. The Kier molecular flexibility index (Phi) is 6.21. The average molecular weight is 438 g/mol. The molecule has 30 heavy (non-hydrogen) atoms. The largest absolute Gasteiger partial charge is 0.493 e. The number of halogens is 3. The van der Waals surface area contributed by atoms with Gasteiger partial charge in [0, 0.05) is 18.5 Å². The Morgan fingerprint density at radius 2 is 1.83 bits per heavy atom. The van der Waals surface area contributed by atoms with Crippen molar-refractivity contribution in [3.8, 4) is 11.5 Å². The monoisotopic (exact) mass is 438 g/mol. The summed E-state index contributed by atoms with van der Waals surface area (Å²) < 4.78 is 49.5. The molecule has 0 saturated carbocycles. The predicted molar refractivity (Wildman–Crippen MR) is 109 cm³/mol. The molecule has 2 aromatic heterocycles. The van der Waals surface area contributed by atoms with Gasteiger partial charge in [0.15, 0.2) is 11.5 Å². The van der Waals surface area contributed by atoms with E-state index in [0.29, 0.717) is 40.4 Å². The van der Waals surface area contributed by atoms with E-state index in [4.69, 9.17) is 9.47 Å². The number of thiophene rings is 1. The van der Waals surface area contributed by atoms with Crippen molar-refractivity contribution in [3.63, 3.8) is 0 Å². The van der Waals surface area contributed by atoms with Gasteiger partial charge in [-0.2, -0.15) is 13.2 Å². The van der Waals surface area contributed by atoms with Crippen LogP contribution in [0.2, 0.25) is 0 Å². The second-order valence-corrected chi connectivity index (χ2v) is 7.61. The third-order valence-electron chi connectivity index (χ3n) is 4.78. The molecule has 0 N–H and O–H groups in total. The predicted octanol–water partition coefficient (Wildman–Crippen LogP) is 5.30. The Hall–Kier alpha value is -2.81. The standard InChI is InChI=1S/C21H21F3N2O3S/c1-5-26(11-13-6-8-15(28-3)16(10-13)29-4)20(27)18-12(2)14-7-9-17(21(22,23)24)25-19(14)30-18/h6-10H,5,11H2,1-4H3. The van der Waals surface area contributed by atoms with Crippen molar-refractivity contribution in [1.29, 1.82) is 0 Å². The first-order valence-electron chi connectivity index (χ1n) is 9.17. The first kappa shape index (κ1) is 21.9. The fourth-order valence-corrected chi connectivity index (χ4v) is 4.28. The zero-order valence-corrected chi connectivity index (χ0v) is 17.8. The number of carbonyl (C=O) groups excluding carboxylic acids is 1. The highest BCUT2D eigenvalue weighted by atomic mass is 32.1. The number of aryl methyl sites for hydroxylation is 1. The topological polar surface area (TPSA) is 51.7 Å². The summed E-state index contributed by atoms with van der Waals surface area (Å²) in [6.45, 7) is 4.33. The number of carbonyl (C=O) groups is 1. The van der Waals surface area contributed by atoms with E-state index in [-0.39, 0.29) is 10.7 Å². The molecule has 0 atom stereocenters. The molecule has 0 bridgehead atoms. The van der Waals surface area contributed by atoms with Gasteiger partial charge in [0.1, 0.15) is 10.5 Å². The lowest BCUT2D eigenvalue weighted by Crippen LogP contribution is -2.30. The van der Waals surface area contributed by atoms with E-state index < -0.39 is 11.9 Å². The van der Waals surface area contributed by atoms with Gasteiger partial charge in [0.05, 0.1) is 19.1 Å². The van der Waals surface area contributed by atoms with Gasteiger partial charge in [-0.05, 0) is 49.2 Å². The van der Waals surface area contributed by atoms with Gasteiger partial charge in [-0.1, -0.05) is 6.07 Å². The van der Waals surface area contributed by atoms with Gasteiger partial charge < -0.3 is 14.4 Å². The van der Waals surface area contributed by atoms with Crippen LogP contribution < -0.4 is 9.47 Å². The number of benzene rings is 1. The van der Waals surface area contributed by atoms with Gasteiger partial charge >= 0.3 is 6.18 Å². The number of fused-ring (bicyclic) bond motifs is 1. The lowest BCUT2D eigenvalue weighted by molar-refractivity contribution is -0.140. The Labute approximate surface area is 176 Å². The van der Waals surface area contributed by atoms with Crippen LogP contribution in [0.4, 0.5) is 13.2 Å². The van der Waals surface area contributed by atoms with E-state index in [2.05, 4.69) is 4.98 Å². The van der Waals surface area contributed by atoms with Crippen LogP contribution in [0.3, 0.4) is 0 Å². The highest BCUT2D eigenvalue weighted by Crippen LogP contribution is 2.35. The van der Waals surface area contributed by atoms with E-state index in [9.17, 15) is 18.0 Å². The first-order valence-corrected chi connectivity index (χ1v) is 9.98. The molecular weight excluding hydrogens is 417 g/mol. The molecular formula is C21H21F3N2O3S. The minimum atomic E-state index is -4.53.